The highest BCUT2D eigenvalue weighted by Crippen LogP contribution is 2.28. The van der Waals surface area contributed by atoms with Crippen LogP contribution in [0.5, 0.6) is 11.5 Å². The number of carbonyl (C=O) groups is 2. The third-order valence-corrected chi connectivity index (χ3v) is 4.50. The SMILES string of the molecule is COc1cc(C(C)=O)ccc1OCC(=O)OCc1cc(-c2cccs2)on1. The molecule has 0 spiro atoms. The Labute approximate surface area is 159 Å². The van der Waals surface area contributed by atoms with Crippen LogP contribution in [-0.4, -0.2) is 30.6 Å². The lowest BCUT2D eigenvalue weighted by atomic mass is 10.1. The largest absolute Gasteiger partial charge is 0.493 e. The molecule has 27 heavy (non-hydrogen) atoms. The fourth-order valence-corrected chi connectivity index (χ4v) is 2.93. The number of Topliss-reactive ketones (excluding diaryl/α,β-unsaturated/α-hetero) is 1. The summed E-state index contributed by atoms with van der Waals surface area (Å²) in [5.41, 5.74) is 1.00. The zero-order valence-electron chi connectivity index (χ0n) is 14.8. The first-order valence-corrected chi connectivity index (χ1v) is 8.91. The Kier molecular flexibility index (Phi) is 5.87. The van der Waals surface area contributed by atoms with E-state index in [1.807, 2.05) is 17.5 Å². The molecule has 0 bridgehead atoms. The predicted molar refractivity (Wildman–Crippen MR) is 98.1 cm³/mol. The standard InChI is InChI=1S/C19H17NO6S/c1-12(21)13-5-6-15(16(8-13)23-2)24-11-19(22)25-10-14-9-17(26-20-14)18-4-3-7-27-18/h3-9H,10-11H2,1-2H3. The minimum atomic E-state index is -0.562. The number of benzene rings is 1. The third-order valence-electron chi connectivity index (χ3n) is 3.62. The number of hydrogen-bond acceptors (Lipinski definition) is 8. The van der Waals surface area contributed by atoms with Gasteiger partial charge in [-0.3, -0.25) is 4.79 Å². The van der Waals surface area contributed by atoms with Crippen molar-refractivity contribution >= 4 is 23.1 Å². The van der Waals surface area contributed by atoms with Crippen LogP contribution in [0, 0.1) is 0 Å². The molecule has 0 fully saturated rings. The van der Waals surface area contributed by atoms with Gasteiger partial charge in [-0.15, -0.1) is 11.3 Å². The lowest BCUT2D eigenvalue weighted by Gasteiger charge is -2.11. The number of methoxy groups -OCH3 is 1. The van der Waals surface area contributed by atoms with E-state index in [9.17, 15) is 9.59 Å². The van der Waals surface area contributed by atoms with Crippen molar-refractivity contribution in [2.75, 3.05) is 13.7 Å². The Morgan fingerprint density at radius 3 is 2.74 bits per heavy atom. The number of esters is 1. The van der Waals surface area contributed by atoms with Gasteiger partial charge in [0.1, 0.15) is 12.3 Å². The molecule has 0 aliphatic heterocycles. The van der Waals surface area contributed by atoms with Crippen molar-refractivity contribution < 1.29 is 28.3 Å². The molecule has 0 aliphatic rings. The lowest BCUT2D eigenvalue weighted by molar-refractivity contribution is -0.147. The first-order chi connectivity index (χ1) is 13.1. The van der Waals surface area contributed by atoms with Gasteiger partial charge in [0, 0.05) is 11.6 Å². The van der Waals surface area contributed by atoms with Gasteiger partial charge in [0.15, 0.2) is 29.6 Å². The molecule has 3 rings (SSSR count). The molecule has 0 amide bonds. The quantitative estimate of drug-likeness (QED) is 0.430. The smallest absolute Gasteiger partial charge is 0.344 e. The van der Waals surface area contributed by atoms with Crippen molar-refractivity contribution in [3.05, 3.63) is 53.0 Å². The summed E-state index contributed by atoms with van der Waals surface area (Å²) in [5, 5.41) is 5.81. The molecule has 0 N–H and O–H groups in total. The third kappa shape index (κ3) is 4.73. The maximum Gasteiger partial charge on any atom is 0.344 e. The minimum Gasteiger partial charge on any atom is -0.493 e. The molecule has 2 aromatic heterocycles. The number of ketones is 1. The molecule has 0 aliphatic carbocycles. The van der Waals surface area contributed by atoms with Gasteiger partial charge in [0.25, 0.3) is 0 Å². The second kappa shape index (κ2) is 8.50. The van der Waals surface area contributed by atoms with Crippen LogP contribution in [0.1, 0.15) is 23.0 Å². The van der Waals surface area contributed by atoms with Crippen LogP contribution in [0.4, 0.5) is 0 Å². The van der Waals surface area contributed by atoms with Gasteiger partial charge >= 0.3 is 5.97 Å². The number of nitrogens with zero attached hydrogens (tertiary/aromatic N) is 1. The molecule has 8 heteroatoms. The van der Waals surface area contributed by atoms with Crippen molar-refractivity contribution in [1.29, 1.82) is 0 Å². The van der Waals surface area contributed by atoms with Crippen LogP contribution < -0.4 is 9.47 Å². The maximum atomic E-state index is 11.9. The molecular formula is C19H17NO6S. The van der Waals surface area contributed by atoms with E-state index in [0.29, 0.717) is 28.5 Å². The summed E-state index contributed by atoms with van der Waals surface area (Å²) in [4.78, 5) is 24.3. The van der Waals surface area contributed by atoms with Crippen LogP contribution in [0.3, 0.4) is 0 Å². The average molecular weight is 387 g/mol. The lowest BCUT2D eigenvalue weighted by Crippen LogP contribution is -2.15. The topological polar surface area (TPSA) is 87.9 Å². The van der Waals surface area contributed by atoms with Crippen LogP contribution >= 0.6 is 11.3 Å². The Hall–Kier alpha value is -3.13. The fraction of sp³-hybridized carbons (Fsp3) is 0.211. The molecule has 140 valence electrons. The number of carbonyl (C=O) groups excluding carboxylic acids is 2. The van der Waals surface area contributed by atoms with E-state index in [-0.39, 0.29) is 19.0 Å². The molecule has 0 saturated carbocycles. The maximum absolute atomic E-state index is 11.9. The fourth-order valence-electron chi connectivity index (χ4n) is 2.25. The zero-order valence-corrected chi connectivity index (χ0v) is 15.6. The zero-order chi connectivity index (χ0) is 19.2. The number of ether oxygens (including phenoxy) is 3. The molecule has 1 aromatic carbocycles. The number of rotatable bonds is 8. The molecule has 0 unspecified atom stereocenters. The van der Waals surface area contributed by atoms with E-state index in [0.717, 1.165) is 4.88 Å². The van der Waals surface area contributed by atoms with Gasteiger partial charge < -0.3 is 18.7 Å². The molecule has 0 atom stereocenters. The first kappa shape index (κ1) is 18.7. The van der Waals surface area contributed by atoms with E-state index in [1.54, 1.807) is 24.3 Å². The molecule has 2 heterocycles. The van der Waals surface area contributed by atoms with E-state index in [4.69, 9.17) is 18.7 Å². The minimum absolute atomic E-state index is 0.0164. The normalized spacial score (nSPS) is 10.4. The molecular weight excluding hydrogens is 370 g/mol. The van der Waals surface area contributed by atoms with Crippen LogP contribution in [0.25, 0.3) is 10.6 Å². The second-order valence-corrected chi connectivity index (χ2v) is 6.48. The first-order valence-electron chi connectivity index (χ1n) is 8.03. The van der Waals surface area contributed by atoms with Crippen molar-refractivity contribution in [2.45, 2.75) is 13.5 Å². The summed E-state index contributed by atoms with van der Waals surface area (Å²) in [6.45, 7) is 1.14. The summed E-state index contributed by atoms with van der Waals surface area (Å²) >= 11 is 1.53. The molecule has 7 nitrogen and oxygen atoms in total. The van der Waals surface area contributed by atoms with E-state index >= 15 is 0 Å². The van der Waals surface area contributed by atoms with Crippen LogP contribution in [0.2, 0.25) is 0 Å². The molecule has 0 saturated heterocycles. The van der Waals surface area contributed by atoms with E-state index < -0.39 is 5.97 Å². The Bertz CT molecular complexity index is 932. The van der Waals surface area contributed by atoms with E-state index in [1.165, 1.54) is 25.4 Å². The van der Waals surface area contributed by atoms with Crippen LogP contribution in [-0.2, 0) is 16.1 Å². The average Bonchev–Trinajstić information content (AvgIpc) is 3.35. The van der Waals surface area contributed by atoms with E-state index in [2.05, 4.69) is 5.16 Å². The van der Waals surface area contributed by atoms with Crippen molar-refractivity contribution in [3.8, 4) is 22.1 Å². The number of hydrogen-bond donors (Lipinski definition) is 0. The summed E-state index contributed by atoms with van der Waals surface area (Å²) in [6, 6.07) is 10.3. The predicted octanol–water partition coefficient (Wildman–Crippen LogP) is 3.74. The van der Waals surface area contributed by atoms with Gasteiger partial charge in [0.05, 0.1) is 12.0 Å². The van der Waals surface area contributed by atoms with Crippen molar-refractivity contribution in [2.24, 2.45) is 0 Å². The highest BCUT2D eigenvalue weighted by molar-refractivity contribution is 7.13. The summed E-state index contributed by atoms with van der Waals surface area (Å²) in [6.07, 6.45) is 0. The molecule has 3 aromatic rings. The molecule has 0 radical (unpaired) electrons. The van der Waals surface area contributed by atoms with Crippen molar-refractivity contribution in [3.63, 3.8) is 0 Å². The van der Waals surface area contributed by atoms with Gasteiger partial charge in [-0.2, -0.15) is 0 Å². The monoisotopic (exact) mass is 387 g/mol. The van der Waals surface area contributed by atoms with Gasteiger partial charge in [-0.05, 0) is 36.6 Å². The van der Waals surface area contributed by atoms with Gasteiger partial charge in [0.2, 0.25) is 0 Å². The number of aromatic nitrogens is 1. The summed E-state index contributed by atoms with van der Waals surface area (Å²) in [7, 11) is 1.46. The van der Waals surface area contributed by atoms with Crippen LogP contribution in [0.15, 0.2) is 46.3 Å². The van der Waals surface area contributed by atoms with Crippen molar-refractivity contribution in [1.82, 2.24) is 5.16 Å². The summed E-state index contributed by atoms with van der Waals surface area (Å²) < 4.78 is 21.0. The summed E-state index contributed by atoms with van der Waals surface area (Å²) in [5.74, 6) is 0.693. The Balaban J connectivity index is 1.52. The second-order valence-electron chi connectivity index (χ2n) is 5.53. The highest BCUT2D eigenvalue weighted by Gasteiger charge is 2.13. The Morgan fingerprint density at radius 2 is 2.04 bits per heavy atom. The Morgan fingerprint density at radius 1 is 1.19 bits per heavy atom. The number of thiophene rings is 1. The highest BCUT2D eigenvalue weighted by atomic mass is 32.1. The van der Waals surface area contributed by atoms with Gasteiger partial charge in [-0.1, -0.05) is 11.2 Å². The van der Waals surface area contributed by atoms with Gasteiger partial charge in [-0.25, -0.2) is 4.79 Å².